The Morgan fingerprint density at radius 2 is 1.25 bits per heavy atom. The summed E-state index contributed by atoms with van der Waals surface area (Å²) in [6.07, 6.45) is 0. The van der Waals surface area contributed by atoms with Crippen molar-refractivity contribution in [2.24, 2.45) is 0 Å². The molecule has 4 heteroatoms. The Kier molecular flexibility index (Phi) is 242. The van der Waals surface area contributed by atoms with Crippen LogP contribution in [0.15, 0.2) is 0 Å². The number of hydrogen-bond donors (Lipinski definition) is 0. The van der Waals surface area contributed by atoms with E-state index in [1.165, 1.54) is 0 Å². The molecule has 0 rings (SSSR count). The molecule has 0 N–H and O–H groups in total. The first-order valence-electron chi connectivity index (χ1n) is 0. The van der Waals surface area contributed by atoms with E-state index < -0.39 is 0 Å². The van der Waals surface area contributed by atoms with Crippen molar-refractivity contribution in [2.75, 3.05) is 0 Å². The molecule has 0 bridgehead atoms. The van der Waals surface area contributed by atoms with E-state index in [9.17, 15) is 0 Å². The van der Waals surface area contributed by atoms with Crippen LogP contribution in [0.25, 0.3) is 0 Å². The summed E-state index contributed by atoms with van der Waals surface area (Å²) in [5, 5.41) is 0. The van der Waals surface area contributed by atoms with Crippen molar-refractivity contribution >= 4 is 45.0 Å². The first-order chi connectivity index (χ1) is 0. The molecule has 0 aliphatic rings. The van der Waals surface area contributed by atoms with Crippen molar-refractivity contribution in [1.29, 1.82) is 0 Å². The van der Waals surface area contributed by atoms with Crippen LogP contribution in [0.2, 0.25) is 0 Å². The van der Waals surface area contributed by atoms with E-state index in [0.29, 0.717) is 0 Å². The van der Waals surface area contributed by atoms with Crippen molar-refractivity contribution in [3.63, 3.8) is 0 Å². The quantitative estimate of drug-likeness (QED) is 0.387. The van der Waals surface area contributed by atoms with Gasteiger partial charge in [0.1, 0.15) is 0 Å². The van der Waals surface area contributed by atoms with Gasteiger partial charge in [0.05, 0.1) is 0 Å². The molecular weight excluding hydrogens is 123 g/mol. The summed E-state index contributed by atoms with van der Waals surface area (Å²) < 4.78 is 0. The molecule has 23 valence electrons. The van der Waals surface area contributed by atoms with Gasteiger partial charge in [0.25, 0.3) is 0 Å². The molecule has 0 heterocycles. The van der Waals surface area contributed by atoms with Crippen LogP contribution in [0.5, 0.6) is 0 Å². The minimum absolute atomic E-state index is 0. The van der Waals surface area contributed by atoms with Crippen LogP contribution in [-0.4, -0.2) is 31.5 Å². The van der Waals surface area contributed by atoms with Crippen molar-refractivity contribution in [1.82, 2.24) is 0 Å². The van der Waals surface area contributed by atoms with Gasteiger partial charge in [-0.3, -0.25) is 0 Å². The van der Waals surface area contributed by atoms with Crippen molar-refractivity contribution in [3.05, 3.63) is 0 Å². The molecule has 0 aromatic heterocycles. The molecule has 0 fully saturated rings. The largest absolute Gasteiger partial charge is 2.00 e. The van der Waals surface area contributed by atoms with Crippen LogP contribution in [0.1, 0.15) is 2.85 Å². The molecular formula is H4BFeMgS. The van der Waals surface area contributed by atoms with Crippen LogP contribution in [0.4, 0.5) is 0 Å². The zero-order chi connectivity index (χ0) is 0. The predicted molar refractivity (Wildman–Crippen MR) is 24.1 cm³/mol. The second-order valence-electron chi connectivity index (χ2n) is 0. The fraction of sp³-hybridized carbons (Fsp3) is 0. The third kappa shape index (κ3) is 9.33. The van der Waals surface area contributed by atoms with Crippen molar-refractivity contribution in [2.45, 2.75) is 0 Å². The summed E-state index contributed by atoms with van der Waals surface area (Å²) >= 11 is 0. The third-order valence-electron chi connectivity index (χ3n) is 0. The minimum atomic E-state index is 0. The molecule has 0 saturated carbocycles. The molecule has 0 aliphatic heterocycles. The maximum atomic E-state index is 0. The number of hydrogen-bond acceptors (Lipinski definition) is 0. The van der Waals surface area contributed by atoms with E-state index in [1.807, 2.05) is 0 Å². The molecule has 3 radical (unpaired) electrons. The van der Waals surface area contributed by atoms with Gasteiger partial charge in [-0.25, -0.2) is 0 Å². The minimum Gasteiger partial charge on any atom is -1.00 e. The Bertz CT molecular complexity index is 13.5. The zero-order valence-electron chi connectivity index (χ0n) is 4.14. The summed E-state index contributed by atoms with van der Waals surface area (Å²) in [6.45, 7) is 0. The average Bonchev–Trinajstić information content (AvgIpc) is 0. The SMILES string of the molecule is S.[B].[Fe].[H-].[H-].[Mg+2]. The van der Waals surface area contributed by atoms with Gasteiger partial charge < -0.3 is 2.85 Å². The van der Waals surface area contributed by atoms with E-state index in [4.69, 9.17) is 0 Å². The molecule has 0 aromatic rings. The van der Waals surface area contributed by atoms with E-state index in [1.54, 1.807) is 0 Å². The monoisotopic (exact) mass is 127 g/mol. The van der Waals surface area contributed by atoms with Gasteiger partial charge >= 0.3 is 23.1 Å². The predicted octanol–water partition coefficient (Wildman–Crippen LogP) is -0.426. The van der Waals surface area contributed by atoms with Gasteiger partial charge in [-0.05, 0) is 0 Å². The van der Waals surface area contributed by atoms with Crippen LogP contribution >= 0.6 is 13.5 Å². The summed E-state index contributed by atoms with van der Waals surface area (Å²) in [5.41, 5.74) is 0. The Hall–Kier alpha value is 1.70. The van der Waals surface area contributed by atoms with Crippen LogP contribution in [0.3, 0.4) is 0 Å². The third-order valence-corrected chi connectivity index (χ3v) is 0. The first kappa shape index (κ1) is 43.6. The normalized spacial score (nSPS) is 0. The molecule has 0 aromatic carbocycles. The van der Waals surface area contributed by atoms with E-state index in [-0.39, 0.29) is 64.9 Å². The fourth-order valence-corrected chi connectivity index (χ4v) is 0. The molecule has 0 aliphatic carbocycles. The Labute approximate surface area is 64.7 Å². The zero-order valence-corrected chi connectivity index (χ0v) is 5.66. The fourth-order valence-electron chi connectivity index (χ4n) is 0. The van der Waals surface area contributed by atoms with Gasteiger partial charge in [-0.15, -0.1) is 0 Å². The summed E-state index contributed by atoms with van der Waals surface area (Å²) in [4.78, 5) is 0. The standard InChI is InChI=1S/B.Fe.Mg.H2S.2H/h;;;1H2;;/q;;+2;;2*-1. The molecule has 0 spiro atoms. The Morgan fingerprint density at radius 1 is 1.25 bits per heavy atom. The van der Waals surface area contributed by atoms with Crippen LogP contribution in [-0.2, 0) is 17.1 Å². The second-order valence-corrected chi connectivity index (χ2v) is 0. The Balaban J connectivity index is 0. The van der Waals surface area contributed by atoms with E-state index in [2.05, 4.69) is 0 Å². The average molecular weight is 127 g/mol. The topological polar surface area (TPSA) is 0 Å². The molecule has 0 amide bonds. The molecule has 0 nitrogen and oxygen atoms in total. The summed E-state index contributed by atoms with van der Waals surface area (Å²) in [5.74, 6) is 0. The van der Waals surface area contributed by atoms with Crippen LogP contribution < -0.4 is 0 Å². The van der Waals surface area contributed by atoms with Gasteiger partial charge in [0.15, 0.2) is 0 Å². The maximum Gasteiger partial charge on any atom is 2.00 e. The van der Waals surface area contributed by atoms with E-state index in [0.717, 1.165) is 0 Å². The van der Waals surface area contributed by atoms with Gasteiger partial charge in [-0.1, -0.05) is 0 Å². The van der Waals surface area contributed by atoms with Crippen molar-refractivity contribution in [3.8, 4) is 0 Å². The maximum absolute atomic E-state index is 0. The first-order valence-corrected chi connectivity index (χ1v) is 0. The summed E-state index contributed by atoms with van der Waals surface area (Å²) in [7, 11) is 0. The van der Waals surface area contributed by atoms with Gasteiger partial charge in [-0.2, -0.15) is 13.5 Å². The smallest absolute Gasteiger partial charge is 1.00 e. The number of rotatable bonds is 0. The van der Waals surface area contributed by atoms with Gasteiger partial charge in [0, 0.05) is 25.5 Å². The molecule has 0 atom stereocenters. The molecule has 0 unspecified atom stereocenters. The summed E-state index contributed by atoms with van der Waals surface area (Å²) in [6, 6.07) is 0. The van der Waals surface area contributed by atoms with Gasteiger partial charge in [0.2, 0.25) is 0 Å². The molecule has 0 saturated heterocycles. The van der Waals surface area contributed by atoms with Crippen molar-refractivity contribution < 1.29 is 19.9 Å². The molecule has 4 heavy (non-hydrogen) atoms. The Morgan fingerprint density at radius 3 is 1.25 bits per heavy atom. The van der Waals surface area contributed by atoms with Crippen LogP contribution in [0, 0.1) is 0 Å². The second kappa shape index (κ2) is 22.3. The van der Waals surface area contributed by atoms with E-state index >= 15 is 0 Å².